The Morgan fingerprint density at radius 1 is 1.07 bits per heavy atom. The van der Waals surface area contributed by atoms with E-state index < -0.39 is 0 Å². The third kappa shape index (κ3) is 4.56. The molecule has 0 radical (unpaired) electrons. The lowest BCUT2D eigenvalue weighted by atomic mass is 10.1. The van der Waals surface area contributed by atoms with Crippen LogP contribution in [-0.4, -0.2) is 21.4 Å². The summed E-state index contributed by atoms with van der Waals surface area (Å²) < 4.78 is 1.41. The molecule has 0 spiro atoms. The number of benzene rings is 2. The zero-order chi connectivity index (χ0) is 20.9. The first kappa shape index (κ1) is 19.8. The summed E-state index contributed by atoms with van der Waals surface area (Å²) in [6, 6.07) is 14.7. The minimum Gasteiger partial charge on any atom is -0.350 e. The number of rotatable bonds is 6. The zero-order valence-electron chi connectivity index (χ0n) is 16.6. The number of fused-ring (bicyclic) bond motifs is 1. The van der Waals surface area contributed by atoms with Gasteiger partial charge in [-0.1, -0.05) is 37.1 Å². The normalized spacial score (nSPS) is 14.0. The van der Waals surface area contributed by atoms with Gasteiger partial charge in [-0.05, 0) is 42.7 Å². The Kier molecular flexibility index (Phi) is 5.88. The van der Waals surface area contributed by atoms with Crippen LogP contribution < -0.4 is 16.2 Å². The van der Waals surface area contributed by atoms with Crippen molar-refractivity contribution >= 4 is 28.5 Å². The van der Waals surface area contributed by atoms with Gasteiger partial charge in [0.1, 0.15) is 6.54 Å². The van der Waals surface area contributed by atoms with Gasteiger partial charge in [-0.25, -0.2) is 4.98 Å². The van der Waals surface area contributed by atoms with Crippen LogP contribution in [0.4, 0.5) is 5.69 Å². The maximum absolute atomic E-state index is 12.5. The molecule has 7 nitrogen and oxygen atoms in total. The molecule has 0 unspecified atom stereocenters. The molecule has 1 aromatic heterocycles. The highest BCUT2D eigenvalue weighted by molar-refractivity contribution is 5.92. The minimum atomic E-state index is -0.319. The smallest absolute Gasteiger partial charge is 0.269 e. The quantitative estimate of drug-likeness (QED) is 0.661. The van der Waals surface area contributed by atoms with E-state index in [4.69, 9.17) is 0 Å². The van der Waals surface area contributed by atoms with E-state index in [1.165, 1.54) is 10.8 Å². The van der Waals surface area contributed by atoms with Gasteiger partial charge in [0.15, 0.2) is 0 Å². The van der Waals surface area contributed by atoms with Gasteiger partial charge in [0.25, 0.3) is 5.56 Å². The number of carbonyl (C=O) groups is 2. The van der Waals surface area contributed by atoms with Crippen molar-refractivity contribution in [3.63, 3.8) is 0 Å². The molecule has 1 aliphatic carbocycles. The molecule has 1 saturated carbocycles. The Balaban J connectivity index is 1.38. The van der Waals surface area contributed by atoms with Crippen molar-refractivity contribution in [3.05, 3.63) is 70.6 Å². The Bertz CT molecular complexity index is 1130. The predicted molar refractivity (Wildman–Crippen MR) is 115 cm³/mol. The second-order valence-electron chi connectivity index (χ2n) is 7.62. The summed E-state index contributed by atoms with van der Waals surface area (Å²) in [6.07, 6.45) is 5.35. The number of carbonyl (C=O) groups excluding carboxylic acids is 2. The lowest BCUT2D eigenvalue weighted by Crippen LogP contribution is -2.32. The van der Waals surface area contributed by atoms with E-state index in [0.29, 0.717) is 17.6 Å². The van der Waals surface area contributed by atoms with Crippen LogP contribution in [0.15, 0.2) is 59.5 Å². The summed E-state index contributed by atoms with van der Waals surface area (Å²) in [5.41, 5.74) is 2.57. The molecule has 30 heavy (non-hydrogen) atoms. The molecule has 0 bridgehead atoms. The highest BCUT2D eigenvalue weighted by Gasteiger charge is 2.22. The van der Waals surface area contributed by atoms with Crippen LogP contribution in [0.5, 0.6) is 0 Å². The fourth-order valence-electron chi connectivity index (χ4n) is 3.87. The van der Waals surface area contributed by atoms with Gasteiger partial charge in [0.2, 0.25) is 11.8 Å². The topological polar surface area (TPSA) is 93.1 Å². The maximum Gasteiger partial charge on any atom is 0.269 e. The van der Waals surface area contributed by atoms with E-state index >= 15 is 0 Å². The van der Waals surface area contributed by atoms with Gasteiger partial charge in [0, 0.05) is 18.2 Å². The van der Waals surface area contributed by atoms with Crippen LogP contribution in [0.2, 0.25) is 0 Å². The van der Waals surface area contributed by atoms with Gasteiger partial charge in [-0.3, -0.25) is 19.0 Å². The second kappa shape index (κ2) is 8.90. The Morgan fingerprint density at radius 3 is 2.70 bits per heavy atom. The molecule has 2 aromatic carbocycles. The predicted octanol–water partition coefficient (Wildman–Crippen LogP) is 2.84. The Morgan fingerprint density at radius 2 is 1.87 bits per heavy atom. The molecule has 0 saturated heterocycles. The van der Waals surface area contributed by atoms with Crippen molar-refractivity contribution in [3.8, 4) is 0 Å². The minimum absolute atomic E-state index is 0.0672. The monoisotopic (exact) mass is 404 g/mol. The third-order valence-corrected chi connectivity index (χ3v) is 5.46. The lowest BCUT2D eigenvalue weighted by molar-refractivity contribution is -0.122. The van der Waals surface area contributed by atoms with Crippen LogP contribution in [0.3, 0.4) is 0 Å². The molecule has 1 fully saturated rings. The molecule has 2 amide bonds. The molecule has 1 heterocycles. The standard InChI is InChI=1S/C23H24N4O3/c28-21(15-27-20-11-4-3-10-19(20)24-14-22(27)29)25-13-16-6-5-9-18(12-16)26-23(30)17-7-1-2-8-17/h3-6,9-12,14,17H,1-2,7-8,13,15H2,(H,25,28)(H,26,30). The first-order valence-corrected chi connectivity index (χ1v) is 10.2. The van der Waals surface area contributed by atoms with Crippen molar-refractivity contribution < 1.29 is 9.59 Å². The highest BCUT2D eigenvalue weighted by Crippen LogP contribution is 2.26. The van der Waals surface area contributed by atoms with Crippen LogP contribution in [-0.2, 0) is 22.7 Å². The Hall–Kier alpha value is -3.48. The molecule has 0 aliphatic heterocycles. The van der Waals surface area contributed by atoms with Crippen molar-refractivity contribution in [2.75, 3.05) is 5.32 Å². The van der Waals surface area contributed by atoms with Crippen LogP contribution in [0, 0.1) is 5.92 Å². The maximum atomic E-state index is 12.5. The van der Waals surface area contributed by atoms with Crippen molar-refractivity contribution in [2.45, 2.75) is 38.8 Å². The van der Waals surface area contributed by atoms with E-state index in [0.717, 1.165) is 36.9 Å². The summed E-state index contributed by atoms with van der Waals surface area (Å²) in [7, 11) is 0. The molecule has 4 rings (SSSR count). The summed E-state index contributed by atoms with van der Waals surface area (Å²) in [5, 5.41) is 5.82. The van der Waals surface area contributed by atoms with Gasteiger partial charge in [-0.2, -0.15) is 0 Å². The molecular formula is C23H24N4O3. The number of hydrogen-bond acceptors (Lipinski definition) is 4. The van der Waals surface area contributed by atoms with E-state index in [1.54, 1.807) is 12.1 Å². The average molecular weight is 404 g/mol. The van der Waals surface area contributed by atoms with Gasteiger partial charge < -0.3 is 10.6 Å². The van der Waals surface area contributed by atoms with Crippen molar-refractivity contribution in [1.82, 2.24) is 14.9 Å². The number of amides is 2. The molecule has 154 valence electrons. The number of anilines is 1. The fraction of sp³-hybridized carbons (Fsp3) is 0.304. The summed E-state index contributed by atoms with van der Waals surface area (Å²) in [6.45, 7) is 0.226. The van der Waals surface area contributed by atoms with Crippen LogP contribution in [0.25, 0.3) is 11.0 Å². The molecule has 1 aliphatic rings. The van der Waals surface area contributed by atoms with Crippen molar-refractivity contribution in [1.29, 1.82) is 0 Å². The molecule has 3 aromatic rings. The molecule has 7 heteroatoms. The largest absolute Gasteiger partial charge is 0.350 e. The van der Waals surface area contributed by atoms with Gasteiger partial charge >= 0.3 is 0 Å². The number of para-hydroxylation sites is 2. The lowest BCUT2D eigenvalue weighted by Gasteiger charge is -2.12. The zero-order valence-corrected chi connectivity index (χ0v) is 16.6. The number of nitrogens with zero attached hydrogens (tertiary/aromatic N) is 2. The van der Waals surface area contributed by atoms with E-state index in [1.807, 2.05) is 36.4 Å². The van der Waals surface area contributed by atoms with Gasteiger partial charge in [-0.15, -0.1) is 0 Å². The summed E-state index contributed by atoms with van der Waals surface area (Å²) in [4.78, 5) is 41.1. The Labute approximate surface area is 174 Å². The third-order valence-electron chi connectivity index (χ3n) is 5.46. The summed E-state index contributed by atoms with van der Waals surface area (Å²) >= 11 is 0. The highest BCUT2D eigenvalue weighted by atomic mass is 16.2. The van der Waals surface area contributed by atoms with Gasteiger partial charge in [0.05, 0.1) is 17.2 Å². The average Bonchev–Trinajstić information content (AvgIpc) is 3.30. The van der Waals surface area contributed by atoms with Crippen LogP contribution in [0.1, 0.15) is 31.2 Å². The molecule has 0 atom stereocenters. The first-order chi connectivity index (χ1) is 14.6. The van der Waals surface area contributed by atoms with Crippen molar-refractivity contribution in [2.24, 2.45) is 5.92 Å². The SMILES string of the molecule is O=C(Cn1c(=O)cnc2ccccc21)NCc1cccc(NC(=O)C2CCCC2)c1. The van der Waals surface area contributed by atoms with E-state index in [2.05, 4.69) is 15.6 Å². The fourth-order valence-corrected chi connectivity index (χ4v) is 3.87. The van der Waals surface area contributed by atoms with Crippen LogP contribution >= 0.6 is 0 Å². The number of hydrogen-bond donors (Lipinski definition) is 2. The molecular weight excluding hydrogens is 380 g/mol. The van der Waals surface area contributed by atoms with E-state index in [9.17, 15) is 14.4 Å². The van der Waals surface area contributed by atoms with E-state index in [-0.39, 0.29) is 29.8 Å². The number of aromatic nitrogens is 2. The second-order valence-corrected chi connectivity index (χ2v) is 7.62. The number of nitrogens with one attached hydrogen (secondary N) is 2. The summed E-state index contributed by atoms with van der Waals surface area (Å²) in [5.74, 6) is -0.103. The molecule has 2 N–H and O–H groups in total. The first-order valence-electron chi connectivity index (χ1n) is 10.2.